The highest BCUT2D eigenvalue weighted by molar-refractivity contribution is 6.74. The molecular weight excluding hydrogens is 558 g/mol. The van der Waals surface area contributed by atoms with Crippen LogP contribution in [0.1, 0.15) is 43.5 Å². The molecule has 0 aliphatic carbocycles. The number of amides is 1. The summed E-state index contributed by atoms with van der Waals surface area (Å²) in [6, 6.07) is 28.0. The number of nitrogens with zero attached hydrogens (tertiary/aromatic N) is 1. The molecule has 0 spiro atoms. The van der Waals surface area contributed by atoms with Crippen molar-refractivity contribution in [3.05, 3.63) is 108 Å². The quantitative estimate of drug-likeness (QED) is 0.168. The monoisotopic (exact) mass is 603 g/mol. The first-order valence-electron chi connectivity index (χ1n) is 14.9. The predicted octanol–water partition coefficient (Wildman–Crippen LogP) is 7.39. The Labute approximate surface area is 257 Å². The van der Waals surface area contributed by atoms with Crippen LogP contribution in [0.3, 0.4) is 0 Å². The summed E-state index contributed by atoms with van der Waals surface area (Å²) >= 11 is 0. The number of likely N-dealkylation sites (tertiary alicyclic amines) is 1. The number of rotatable bonds is 11. The molecular formula is C35H45NO6Si. The molecule has 4 atom stereocenters. The summed E-state index contributed by atoms with van der Waals surface area (Å²) in [4.78, 5) is 29.4. The molecule has 8 heteroatoms. The lowest BCUT2D eigenvalue weighted by atomic mass is 9.85. The molecule has 1 saturated heterocycles. The summed E-state index contributed by atoms with van der Waals surface area (Å²) in [5.41, 5.74) is 2.74. The van der Waals surface area contributed by atoms with Gasteiger partial charge in [-0.05, 0) is 34.8 Å². The van der Waals surface area contributed by atoms with Crippen LogP contribution in [0.25, 0.3) is 0 Å². The van der Waals surface area contributed by atoms with E-state index in [1.807, 2.05) is 91.0 Å². The van der Waals surface area contributed by atoms with Crippen molar-refractivity contribution in [2.24, 2.45) is 11.8 Å². The van der Waals surface area contributed by atoms with Crippen LogP contribution in [-0.4, -0.2) is 51.6 Å². The molecule has 4 rings (SSSR count). The number of hydrogen-bond acceptors (Lipinski definition) is 6. The molecule has 43 heavy (non-hydrogen) atoms. The average molecular weight is 604 g/mol. The Morgan fingerprint density at radius 1 is 0.791 bits per heavy atom. The third-order valence-electron chi connectivity index (χ3n) is 8.83. The number of benzene rings is 3. The van der Waals surface area contributed by atoms with Crippen molar-refractivity contribution in [1.82, 2.24) is 4.90 Å². The van der Waals surface area contributed by atoms with Crippen LogP contribution in [0.2, 0.25) is 18.1 Å². The molecule has 1 aliphatic rings. The number of hydrogen-bond donors (Lipinski definition) is 0. The van der Waals surface area contributed by atoms with Crippen molar-refractivity contribution in [1.29, 1.82) is 0 Å². The molecule has 0 radical (unpaired) electrons. The molecule has 0 saturated carbocycles. The second-order valence-corrected chi connectivity index (χ2v) is 17.5. The zero-order chi connectivity index (χ0) is 31.0. The minimum absolute atomic E-state index is 0.0376. The number of ether oxygens (including phenoxy) is 3. The molecule has 3 aromatic carbocycles. The number of carbonyl (C=O) groups is 2. The van der Waals surface area contributed by atoms with E-state index < -0.39 is 44.3 Å². The van der Waals surface area contributed by atoms with E-state index in [-0.39, 0.29) is 24.9 Å². The molecule has 1 aliphatic heterocycles. The van der Waals surface area contributed by atoms with Crippen LogP contribution in [0, 0.1) is 11.8 Å². The van der Waals surface area contributed by atoms with Gasteiger partial charge in [-0.1, -0.05) is 112 Å². The van der Waals surface area contributed by atoms with Crippen molar-refractivity contribution < 1.29 is 28.2 Å². The highest BCUT2D eigenvalue weighted by Gasteiger charge is 2.56. The van der Waals surface area contributed by atoms with E-state index in [1.54, 1.807) is 4.90 Å². The summed E-state index contributed by atoms with van der Waals surface area (Å²) in [5.74, 6) is -1.46. The summed E-state index contributed by atoms with van der Waals surface area (Å²) in [5, 5.41) is -0.0376. The first-order valence-corrected chi connectivity index (χ1v) is 17.8. The zero-order valence-corrected chi connectivity index (χ0v) is 27.2. The molecule has 3 aromatic rings. The standard InChI is InChI=1S/C35H45NO6Si/c1-35(2,3)43(5,6)42-25-30-29(24-40-22-26-16-10-7-11-17-26)31(33(37)39-4)32(28-20-14-9-15-21-28)36(30)34(38)41-23-27-18-12-8-13-19-27/h7-21,29-32H,22-25H2,1-6H3/t29-,30-,31+,32+/m1/s1. The third-order valence-corrected chi connectivity index (χ3v) is 13.3. The van der Waals surface area contributed by atoms with Crippen LogP contribution in [0.15, 0.2) is 91.0 Å². The van der Waals surface area contributed by atoms with Crippen LogP contribution in [0.4, 0.5) is 4.79 Å². The molecule has 0 N–H and O–H groups in total. The Balaban J connectivity index is 1.73. The topological polar surface area (TPSA) is 74.3 Å². The highest BCUT2D eigenvalue weighted by atomic mass is 28.4. The Morgan fingerprint density at radius 3 is 1.86 bits per heavy atom. The summed E-state index contributed by atoms with van der Waals surface area (Å²) in [6.07, 6.45) is -0.499. The van der Waals surface area contributed by atoms with Gasteiger partial charge in [-0.2, -0.15) is 0 Å². The van der Waals surface area contributed by atoms with Gasteiger partial charge in [0, 0.05) is 5.92 Å². The minimum atomic E-state index is -2.22. The Morgan fingerprint density at radius 2 is 1.33 bits per heavy atom. The highest BCUT2D eigenvalue weighted by Crippen LogP contribution is 2.47. The molecule has 0 aromatic heterocycles. The van der Waals surface area contributed by atoms with Gasteiger partial charge in [0.05, 0.1) is 44.9 Å². The largest absolute Gasteiger partial charge is 0.469 e. The number of carbonyl (C=O) groups excluding carboxylic acids is 2. The summed E-state index contributed by atoms with van der Waals surface area (Å²) in [7, 11) is -0.823. The van der Waals surface area contributed by atoms with Gasteiger partial charge in [0.15, 0.2) is 8.32 Å². The van der Waals surface area contributed by atoms with Crippen LogP contribution < -0.4 is 0 Å². The lowest BCUT2D eigenvalue weighted by molar-refractivity contribution is -0.148. The average Bonchev–Trinajstić information content (AvgIpc) is 3.33. The SMILES string of the molecule is COC(=O)[C@H]1[C@H](COCc2ccccc2)[C@@H](CO[Si](C)(C)C(C)(C)C)N(C(=O)OCc2ccccc2)[C@H]1c1ccccc1. The first-order chi connectivity index (χ1) is 20.5. The fourth-order valence-corrected chi connectivity index (χ4v) is 6.40. The Hall–Kier alpha value is -3.46. The molecule has 1 heterocycles. The van der Waals surface area contributed by atoms with Crippen molar-refractivity contribution in [3.8, 4) is 0 Å². The van der Waals surface area contributed by atoms with Gasteiger partial charge in [-0.25, -0.2) is 4.79 Å². The lowest BCUT2D eigenvalue weighted by Crippen LogP contribution is -2.48. The fraction of sp³-hybridized carbons (Fsp3) is 0.429. The van der Waals surface area contributed by atoms with Gasteiger partial charge in [-0.15, -0.1) is 0 Å². The van der Waals surface area contributed by atoms with E-state index in [1.165, 1.54) is 7.11 Å². The number of esters is 1. The summed E-state index contributed by atoms with van der Waals surface area (Å²) < 4.78 is 24.3. The van der Waals surface area contributed by atoms with Crippen molar-refractivity contribution in [3.63, 3.8) is 0 Å². The zero-order valence-electron chi connectivity index (χ0n) is 26.2. The maximum Gasteiger partial charge on any atom is 0.410 e. The molecule has 7 nitrogen and oxygen atoms in total. The van der Waals surface area contributed by atoms with Gasteiger partial charge in [0.25, 0.3) is 0 Å². The summed E-state index contributed by atoms with van der Waals surface area (Å²) in [6.45, 7) is 11.9. The predicted molar refractivity (Wildman–Crippen MR) is 170 cm³/mol. The third kappa shape index (κ3) is 7.93. The van der Waals surface area contributed by atoms with E-state index in [0.717, 1.165) is 16.7 Å². The van der Waals surface area contributed by atoms with Gasteiger partial charge in [0.1, 0.15) is 6.61 Å². The van der Waals surface area contributed by atoms with Crippen LogP contribution in [-0.2, 0) is 36.6 Å². The van der Waals surface area contributed by atoms with E-state index in [4.69, 9.17) is 18.6 Å². The maximum absolute atomic E-state index is 14.1. The van der Waals surface area contributed by atoms with Gasteiger partial charge >= 0.3 is 12.1 Å². The minimum Gasteiger partial charge on any atom is -0.469 e. The van der Waals surface area contributed by atoms with Crippen molar-refractivity contribution >= 4 is 20.4 Å². The van der Waals surface area contributed by atoms with Crippen LogP contribution >= 0.6 is 0 Å². The lowest BCUT2D eigenvalue weighted by Gasteiger charge is -2.39. The van der Waals surface area contributed by atoms with Gasteiger partial charge < -0.3 is 18.6 Å². The van der Waals surface area contributed by atoms with E-state index >= 15 is 0 Å². The van der Waals surface area contributed by atoms with Gasteiger partial charge in [0.2, 0.25) is 0 Å². The van der Waals surface area contributed by atoms with Crippen LogP contribution in [0.5, 0.6) is 0 Å². The normalized spacial score (nSPS) is 20.6. The molecule has 230 valence electrons. The smallest absolute Gasteiger partial charge is 0.410 e. The fourth-order valence-electron chi connectivity index (χ4n) is 5.38. The van der Waals surface area contributed by atoms with Gasteiger partial charge in [-0.3, -0.25) is 9.69 Å². The first kappa shape index (κ1) is 32.5. The number of methoxy groups -OCH3 is 1. The van der Waals surface area contributed by atoms with E-state index in [9.17, 15) is 9.59 Å². The molecule has 0 unspecified atom stereocenters. The Bertz CT molecular complexity index is 1310. The van der Waals surface area contributed by atoms with E-state index in [0.29, 0.717) is 6.61 Å². The molecule has 1 fully saturated rings. The Kier molecular flexibility index (Phi) is 10.8. The van der Waals surface area contributed by atoms with Crippen molar-refractivity contribution in [2.45, 2.75) is 64.2 Å². The molecule has 1 amide bonds. The molecule has 0 bridgehead atoms. The van der Waals surface area contributed by atoms with Crippen molar-refractivity contribution in [2.75, 3.05) is 20.3 Å². The maximum atomic E-state index is 14.1. The second kappa shape index (κ2) is 14.3. The second-order valence-electron chi connectivity index (χ2n) is 12.7. The van der Waals surface area contributed by atoms with E-state index in [2.05, 4.69) is 33.9 Å².